The molecule has 0 aromatic heterocycles. The number of nitriles is 1. The fourth-order valence-electron chi connectivity index (χ4n) is 1.99. The lowest BCUT2D eigenvalue weighted by molar-refractivity contribution is -0.146. The fourth-order valence-corrected chi connectivity index (χ4v) is 2.66. The van der Waals surface area contributed by atoms with E-state index < -0.39 is 24.3 Å². The minimum Gasteiger partial charge on any atom is -0.455 e. The van der Waals surface area contributed by atoms with E-state index in [9.17, 15) is 14.0 Å². The van der Waals surface area contributed by atoms with Crippen LogP contribution in [0.3, 0.4) is 0 Å². The second-order valence-electron chi connectivity index (χ2n) is 4.92. The molecule has 1 amide bonds. The van der Waals surface area contributed by atoms with Crippen LogP contribution in [-0.2, 0) is 20.7 Å². The standard InChI is InChI=1S/C18H15FN2O3S/c19-14-6-2-1-5-13(14)11-18(23)24-12-17(22)21-15-7-3-4-8-16(15)25-10-9-20/h1-8H,10-12H2,(H,21,22). The highest BCUT2D eigenvalue weighted by atomic mass is 32.2. The van der Waals surface area contributed by atoms with Crippen molar-refractivity contribution in [2.24, 2.45) is 0 Å². The first-order valence-electron chi connectivity index (χ1n) is 7.38. The first-order chi connectivity index (χ1) is 12.1. The van der Waals surface area contributed by atoms with Gasteiger partial charge in [0.15, 0.2) is 6.61 Å². The maximum absolute atomic E-state index is 13.5. The van der Waals surface area contributed by atoms with Gasteiger partial charge in [-0.3, -0.25) is 9.59 Å². The number of carbonyl (C=O) groups excluding carboxylic acids is 2. The highest BCUT2D eigenvalue weighted by Crippen LogP contribution is 2.26. The maximum Gasteiger partial charge on any atom is 0.310 e. The molecule has 25 heavy (non-hydrogen) atoms. The molecule has 0 saturated carbocycles. The predicted molar refractivity (Wildman–Crippen MR) is 92.5 cm³/mol. The number of nitrogens with one attached hydrogen (secondary N) is 1. The quantitative estimate of drug-likeness (QED) is 0.607. The molecule has 1 N–H and O–H groups in total. The van der Waals surface area contributed by atoms with Gasteiger partial charge in [-0.05, 0) is 23.8 Å². The van der Waals surface area contributed by atoms with Crippen molar-refractivity contribution in [2.75, 3.05) is 17.7 Å². The number of anilines is 1. The Bertz CT molecular complexity index is 805. The molecule has 0 atom stereocenters. The van der Waals surface area contributed by atoms with Crippen LogP contribution >= 0.6 is 11.8 Å². The number of amides is 1. The summed E-state index contributed by atoms with van der Waals surface area (Å²) in [5.74, 6) is -1.43. The summed E-state index contributed by atoms with van der Waals surface area (Å²) in [4.78, 5) is 24.4. The Morgan fingerprint density at radius 3 is 2.64 bits per heavy atom. The molecule has 0 aliphatic heterocycles. The highest BCUT2D eigenvalue weighted by molar-refractivity contribution is 7.99. The van der Waals surface area contributed by atoms with Gasteiger partial charge in [0.2, 0.25) is 0 Å². The number of nitrogens with zero attached hydrogens (tertiary/aromatic N) is 1. The number of halogens is 1. The average Bonchev–Trinajstić information content (AvgIpc) is 2.61. The summed E-state index contributed by atoms with van der Waals surface area (Å²) in [7, 11) is 0. The summed E-state index contributed by atoms with van der Waals surface area (Å²) in [6.45, 7) is -0.468. The summed E-state index contributed by atoms with van der Waals surface area (Å²) in [5, 5.41) is 11.3. The molecule has 2 aromatic carbocycles. The van der Waals surface area contributed by atoms with Gasteiger partial charge in [-0.2, -0.15) is 5.26 Å². The van der Waals surface area contributed by atoms with Gasteiger partial charge in [0, 0.05) is 4.90 Å². The van der Waals surface area contributed by atoms with Crippen molar-refractivity contribution in [3.63, 3.8) is 0 Å². The van der Waals surface area contributed by atoms with Gasteiger partial charge in [0.1, 0.15) is 5.82 Å². The maximum atomic E-state index is 13.5. The molecule has 0 aliphatic rings. The van der Waals surface area contributed by atoms with Gasteiger partial charge in [-0.25, -0.2) is 4.39 Å². The molecule has 128 valence electrons. The lowest BCUT2D eigenvalue weighted by Crippen LogP contribution is -2.22. The van der Waals surface area contributed by atoms with E-state index in [1.165, 1.54) is 30.0 Å². The minimum atomic E-state index is -0.688. The summed E-state index contributed by atoms with van der Waals surface area (Å²) in [6.07, 6.45) is -0.242. The number of para-hydroxylation sites is 1. The molecule has 0 fully saturated rings. The van der Waals surface area contributed by atoms with Crippen LogP contribution in [0.5, 0.6) is 0 Å². The zero-order valence-electron chi connectivity index (χ0n) is 13.2. The second-order valence-corrected chi connectivity index (χ2v) is 5.94. The molecular formula is C18H15FN2O3S. The highest BCUT2D eigenvalue weighted by Gasteiger charge is 2.12. The minimum absolute atomic E-state index is 0.214. The zero-order chi connectivity index (χ0) is 18.1. The van der Waals surface area contributed by atoms with Crippen molar-refractivity contribution in [1.82, 2.24) is 0 Å². The molecule has 0 heterocycles. The Kier molecular flexibility index (Phi) is 6.99. The van der Waals surface area contributed by atoms with Gasteiger partial charge in [-0.15, -0.1) is 11.8 Å². The van der Waals surface area contributed by atoms with Crippen LogP contribution in [0.15, 0.2) is 53.4 Å². The first-order valence-corrected chi connectivity index (χ1v) is 8.36. The van der Waals surface area contributed by atoms with Crippen LogP contribution in [-0.4, -0.2) is 24.2 Å². The van der Waals surface area contributed by atoms with Gasteiger partial charge in [-0.1, -0.05) is 30.3 Å². The van der Waals surface area contributed by atoms with Crippen LogP contribution in [0.25, 0.3) is 0 Å². The lowest BCUT2D eigenvalue weighted by atomic mass is 10.1. The van der Waals surface area contributed by atoms with Gasteiger partial charge in [0.25, 0.3) is 5.91 Å². The van der Waals surface area contributed by atoms with Crippen LogP contribution in [0.1, 0.15) is 5.56 Å². The smallest absolute Gasteiger partial charge is 0.310 e. The Balaban J connectivity index is 1.86. The molecule has 0 bridgehead atoms. The van der Waals surface area contributed by atoms with E-state index in [2.05, 4.69) is 5.32 Å². The van der Waals surface area contributed by atoms with Crippen LogP contribution < -0.4 is 5.32 Å². The Hall–Kier alpha value is -2.85. The van der Waals surface area contributed by atoms with Crippen molar-refractivity contribution in [1.29, 1.82) is 5.26 Å². The number of benzene rings is 2. The Labute approximate surface area is 148 Å². The third kappa shape index (κ3) is 5.94. The van der Waals surface area contributed by atoms with Gasteiger partial charge < -0.3 is 10.1 Å². The summed E-state index contributed by atoms with van der Waals surface area (Å²) in [5.41, 5.74) is 0.754. The number of hydrogen-bond donors (Lipinski definition) is 1. The van der Waals surface area contributed by atoms with E-state index in [0.717, 1.165) is 4.90 Å². The molecule has 5 nitrogen and oxygen atoms in total. The predicted octanol–water partition coefficient (Wildman–Crippen LogP) is 3.17. The van der Waals surface area contributed by atoms with Crippen molar-refractivity contribution in [3.05, 3.63) is 59.9 Å². The fraction of sp³-hybridized carbons (Fsp3) is 0.167. The molecule has 0 unspecified atom stereocenters. The molecule has 2 aromatic rings. The van der Waals surface area contributed by atoms with Gasteiger partial charge in [0.05, 0.1) is 23.9 Å². The average molecular weight is 358 g/mol. The Morgan fingerprint density at radius 2 is 1.88 bits per heavy atom. The molecule has 2 rings (SSSR count). The second kappa shape index (κ2) is 9.45. The van der Waals surface area contributed by atoms with E-state index >= 15 is 0 Å². The molecular weight excluding hydrogens is 343 g/mol. The first kappa shape index (κ1) is 18.5. The molecule has 0 radical (unpaired) electrons. The van der Waals surface area contributed by atoms with E-state index in [-0.39, 0.29) is 17.7 Å². The van der Waals surface area contributed by atoms with Crippen molar-refractivity contribution >= 4 is 29.3 Å². The summed E-state index contributed by atoms with van der Waals surface area (Å²) in [6, 6.07) is 14.9. The number of ether oxygens (including phenoxy) is 1. The molecule has 0 saturated heterocycles. The largest absolute Gasteiger partial charge is 0.455 e. The van der Waals surface area contributed by atoms with Crippen LogP contribution in [0, 0.1) is 17.1 Å². The molecule has 0 spiro atoms. The number of rotatable bonds is 7. The number of carbonyl (C=O) groups is 2. The van der Waals surface area contributed by atoms with E-state index in [0.29, 0.717) is 5.69 Å². The number of hydrogen-bond acceptors (Lipinski definition) is 5. The third-order valence-electron chi connectivity index (χ3n) is 3.11. The summed E-state index contributed by atoms with van der Waals surface area (Å²) >= 11 is 1.29. The third-order valence-corrected chi connectivity index (χ3v) is 4.05. The van der Waals surface area contributed by atoms with E-state index in [1.54, 1.807) is 30.3 Å². The SMILES string of the molecule is N#CCSc1ccccc1NC(=O)COC(=O)Cc1ccccc1F. The summed E-state index contributed by atoms with van der Waals surface area (Å²) < 4.78 is 18.3. The molecule has 7 heteroatoms. The van der Waals surface area contributed by atoms with E-state index in [4.69, 9.17) is 10.00 Å². The topological polar surface area (TPSA) is 79.2 Å². The Morgan fingerprint density at radius 1 is 1.16 bits per heavy atom. The van der Waals surface area contributed by atoms with Crippen molar-refractivity contribution in [3.8, 4) is 6.07 Å². The van der Waals surface area contributed by atoms with Crippen LogP contribution in [0.2, 0.25) is 0 Å². The monoisotopic (exact) mass is 358 g/mol. The molecule has 0 aliphatic carbocycles. The van der Waals surface area contributed by atoms with E-state index in [1.807, 2.05) is 6.07 Å². The zero-order valence-corrected chi connectivity index (χ0v) is 14.0. The number of thioether (sulfide) groups is 1. The number of esters is 1. The van der Waals surface area contributed by atoms with Crippen molar-refractivity contribution in [2.45, 2.75) is 11.3 Å². The van der Waals surface area contributed by atoms with Crippen molar-refractivity contribution < 1.29 is 18.7 Å². The van der Waals surface area contributed by atoms with Crippen LogP contribution in [0.4, 0.5) is 10.1 Å². The lowest BCUT2D eigenvalue weighted by Gasteiger charge is -2.10. The normalized spacial score (nSPS) is 9.92. The van der Waals surface area contributed by atoms with Gasteiger partial charge >= 0.3 is 5.97 Å².